The predicted molar refractivity (Wildman–Crippen MR) is 74.5 cm³/mol. The van der Waals surface area contributed by atoms with Crippen molar-refractivity contribution < 1.29 is 25.2 Å². The molecular weight excluding hydrogens is 248 g/mol. The monoisotopic (exact) mass is 278 g/mol. The SMILES string of the molecule is CCCC(O)(O)O.CCCCCCCCCC(=O)O. The van der Waals surface area contributed by atoms with E-state index in [1.807, 2.05) is 0 Å². The molecule has 5 heteroatoms. The van der Waals surface area contributed by atoms with Gasteiger partial charge in [0.15, 0.2) is 0 Å². The summed E-state index contributed by atoms with van der Waals surface area (Å²) in [7, 11) is 0. The van der Waals surface area contributed by atoms with Gasteiger partial charge in [-0.05, 0) is 12.8 Å². The van der Waals surface area contributed by atoms with E-state index < -0.39 is 11.9 Å². The van der Waals surface area contributed by atoms with Gasteiger partial charge in [0.25, 0.3) is 5.97 Å². The van der Waals surface area contributed by atoms with E-state index >= 15 is 0 Å². The molecule has 0 spiro atoms. The Morgan fingerprint density at radius 3 is 1.63 bits per heavy atom. The van der Waals surface area contributed by atoms with Crippen molar-refractivity contribution in [2.45, 2.75) is 84.0 Å². The maximum Gasteiger partial charge on any atom is 0.303 e. The first-order valence-corrected chi connectivity index (χ1v) is 7.22. The molecule has 0 heterocycles. The molecule has 116 valence electrons. The maximum atomic E-state index is 10.1. The van der Waals surface area contributed by atoms with Crippen molar-refractivity contribution in [3.05, 3.63) is 0 Å². The highest BCUT2D eigenvalue weighted by atomic mass is 16.7. The fraction of sp³-hybridized carbons (Fsp3) is 0.929. The lowest BCUT2D eigenvalue weighted by Gasteiger charge is -2.10. The Morgan fingerprint density at radius 1 is 0.842 bits per heavy atom. The zero-order valence-corrected chi connectivity index (χ0v) is 12.3. The molecule has 0 aliphatic heterocycles. The molecule has 0 aromatic carbocycles. The van der Waals surface area contributed by atoms with Gasteiger partial charge in [-0.1, -0.05) is 52.4 Å². The summed E-state index contributed by atoms with van der Waals surface area (Å²) in [6, 6.07) is 0. The van der Waals surface area contributed by atoms with Gasteiger partial charge in [-0.15, -0.1) is 0 Å². The zero-order valence-electron chi connectivity index (χ0n) is 12.3. The number of hydrogen-bond acceptors (Lipinski definition) is 4. The van der Waals surface area contributed by atoms with Gasteiger partial charge in [0.2, 0.25) is 0 Å². The normalized spacial score (nSPS) is 10.8. The summed E-state index contributed by atoms with van der Waals surface area (Å²) in [6.07, 6.45) is 9.21. The predicted octanol–water partition coefficient (Wildman–Crippen LogP) is 2.63. The number of carbonyl (C=O) groups is 1. The minimum absolute atomic E-state index is 0.00694. The third-order valence-electron chi connectivity index (χ3n) is 2.58. The van der Waals surface area contributed by atoms with Gasteiger partial charge in [-0.2, -0.15) is 0 Å². The van der Waals surface area contributed by atoms with Crippen LogP contribution in [0.4, 0.5) is 0 Å². The zero-order chi connectivity index (χ0) is 15.1. The molecule has 0 saturated carbocycles. The van der Waals surface area contributed by atoms with E-state index in [4.69, 9.17) is 20.4 Å². The second-order valence-electron chi connectivity index (χ2n) is 4.79. The quantitative estimate of drug-likeness (QED) is 0.364. The highest BCUT2D eigenvalue weighted by Gasteiger charge is 2.14. The van der Waals surface area contributed by atoms with Crippen LogP contribution >= 0.6 is 0 Å². The van der Waals surface area contributed by atoms with Crippen molar-refractivity contribution in [1.82, 2.24) is 0 Å². The van der Waals surface area contributed by atoms with Gasteiger partial charge < -0.3 is 20.4 Å². The van der Waals surface area contributed by atoms with Crippen LogP contribution in [0.25, 0.3) is 0 Å². The third-order valence-corrected chi connectivity index (χ3v) is 2.58. The van der Waals surface area contributed by atoms with E-state index in [2.05, 4.69) is 6.92 Å². The average Bonchev–Trinajstić information content (AvgIpc) is 2.27. The lowest BCUT2D eigenvalue weighted by molar-refractivity contribution is -0.314. The minimum Gasteiger partial charge on any atom is -0.481 e. The summed E-state index contributed by atoms with van der Waals surface area (Å²) < 4.78 is 0. The van der Waals surface area contributed by atoms with E-state index in [1.165, 1.54) is 32.1 Å². The van der Waals surface area contributed by atoms with Gasteiger partial charge >= 0.3 is 5.97 Å². The summed E-state index contributed by atoms with van der Waals surface area (Å²) >= 11 is 0. The van der Waals surface area contributed by atoms with Gasteiger partial charge in [0, 0.05) is 12.8 Å². The Morgan fingerprint density at radius 2 is 1.32 bits per heavy atom. The number of aliphatic hydroxyl groups is 3. The second-order valence-corrected chi connectivity index (χ2v) is 4.79. The highest BCUT2D eigenvalue weighted by Crippen LogP contribution is 2.07. The molecular formula is C14H30O5. The number of aliphatic carboxylic acids is 1. The Labute approximate surface area is 116 Å². The van der Waals surface area contributed by atoms with Crippen molar-refractivity contribution in [2.75, 3.05) is 0 Å². The van der Waals surface area contributed by atoms with Crippen molar-refractivity contribution in [3.63, 3.8) is 0 Å². The molecule has 0 aromatic heterocycles. The molecule has 0 aliphatic rings. The molecule has 0 fully saturated rings. The van der Waals surface area contributed by atoms with Crippen LogP contribution in [-0.2, 0) is 4.79 Å². The number of carboxylic acids is 1. The average molecular weight is 278 g/mol. The van der Waals surface area contributed by atoms with E-state index in [0.29, 0.717) is 12.8 Å². The van der Waals surface area contributed by atoms with Crippen LogP contribution in [0.1, 0.15) is 78.1 Å². The fourth-order valence-electron chi connectivity index (χ4n) is 1.57. The lowest BCUT2D eigenvalue weighted by atomic mass is 10.1. The smallest absolute Gasteiger partial charge is 0.303 e. The second kappa shape index (κ2) is 13.8. The van der Waals surface area contributed by atoms with E-state index in [-0.39, 0.29) is 6.42 Å². The van der Waals surface area contributed by atoms with Crippen molar-refractivity contribution in [2.24, 2.45) is 0 Å². The van der Waals surface area contributed by atoms with Crippen LogP contribution in [0.3, 0.4) is 0 Å². The molecule has 0 amide bonds. The Kier molecular flexibility index (Phi) is 15.0. The van der Waals surface area contributed by atoms with E-state index in [9.17, 15) is 4.79 Å². The number of hydrogen-bond donors (Lipinski definition) is 4. The third kappa shape index (κ3) is 26.8. The molecule has 0 aromatic rings. The van der Waals surface area contributed by atoms with Crippen LogP contribution in [0.5, 0.6) is 0 Å². The summed E-state index contributed by atoms with van der Waals surface area (Å²) in [5.41, 5.74) is 0. The van der Waals surface area contributed by atoms with E-state index in [1.54, 1.807) is 6.92 Å². The Balaban J connectivity index is 0. The molecule has 0 aliphatic carbocycles. The van der Waals surface area contributed by atoms with Crippen LogP contribution in [0, 0.1) is 0 Å². The summed E-state index contributed by atoms with van der Waals surface area (Å²) in [4.78, 5) is 10.1. The van der Waals surface area contributed by atoms with Crippen LogP contribution < -0.4 is 0 Å². The van der Waals surface area contributed by atoms with Crippen molar-refractivity contribution in [1.29, 1.82) is 0 Å². The van der Waals surface area contributed by atoms with Gasteiger partial charge in [0.05, 0.1) is 0 Å². The molecule has 0 saturated heterocycles. The van der Waals surface area contributed by atoms with Gasteiger partial charge in [-0.25, -0.2) is 0 Å². The number of carboxylic acid groups (broad SMARTS) is 1. The Bertz CT molecular complexity index is 199. The molecule has 0 unspecified atom stereocenters. The summed E-state index contributed by atoms with van der Waals surface area (Å²) in [5.74, 6) is -3.11. The highest BCUT2D eigenvalue weighted by molar-refractivity contribution is 5.66. The molecule has 19 heavy (non-hydrogen) atoms. The van der Waals surface area contributed by atoms with E-state index in [0.717, 1.165) is 12.8 Å². The lowest BCUT2D eigenvalue weighted by Crippen LogP contribution is -2.26. The molecule has 0 atom stereocenters. The standard InChI is InChI=1S/C10H20O2.C4H10O3/c1-2-3-4-5-6-7-8-9-10(11)12;1-2-3-4(5,6)7/h2-9H2,1H3,(H,11,12);5-7H,2-3H2,1H3. The number of unbranched alkanes of at least 4 members (excludes halogenated alkanes) is 6. The largest absolute Gasteiger partial charge is 0.481 e. The van der Waals surface area contributed by atoms with Crippen LogP contribution in [0.15, 0.2) is 0 Å². The Hall–Kier alpha value is -0.650. The first-order chi connectivity index (χ1) is 8.83. The van der Waals surface area contributed by atoms with Crippen LogP contribution in [-0.4, -0.2) is 32.4 Å². The summed E-state index contributed by atoms with van der Waals surface area (Å²) in [6.45, 7) is 3.95. The van der Waals surface area contributed by atoms with Gasteiger partial charge in [-0.3, -0.25) is 4.79 Å². The molecule has 5 nitrogen and oxygen atoms in total. The number of rotatable bonds is 10. The van der Waals surface area contributed by atoms with Crippen LogP contribution in [0.2, 0.25) is 0 Å². The first-order valence-electron chi connectivity index (χ1n) is 7.22. The molecule has 4 N–H and O–H groups in total. The minimum atomic E-state index is -2.45. The summed E-state index contributed by atoms with van der Waals surface area (Å²) in [5, 5.41) is 32.7. The first kappa shape index (κ1) is 20.7. The maximum absolute atomic E-state index is 10.1. The van der Waals surface area contributed by atoms with Gasteiger partial charge in [0.1, 0.15) is 0 Å². The molecule has 0 bridgehead atoms. The fourth-order valence-corrected chi connectivity index (χ4v) is 1.57. The van der Waals surface area contributed by atoms with Crippen molar-refractivity contribution in [3.8, 4) is 0 Å². The topological polar surface area (TPSA) is 98.0 Å². The molecule has 0 radical (unpaired) electrons. The van der Waals surface area contributed by atoms with Crippen molar-refractivity contribution >= 4 is 5.97 Å². The molecule has 0 rings (SSSR count).